The average Bonchev–Trinajstić information content (AvgIpc) is 2.30. The fourth-order valence-corrected chi connectivity index (χ4v) is 1.91. The van der Waals surface area contributed by atoms with Crippen LogP contribution >= 0.6 is 15.9 Å². The van der Waals surface area contributed by atoms with Gasteiger partial charge in [-0.1, -0.05) is 6.07 Å². The van der Waals surface area contributed by atoms with Gasteiger partial charge in [-0.15, -0.1) is 0 Å². The second-order valence-corrected chi connectivity index (χ2v) is 4.63. The van der Waals surface area contributed by atoms with Crippen LogP contribution in [0.2, 0.25) is 0 Å². The molecule has 98 valence electrons. The summed E-state index contributed by atoms with van der Waals surface area (Å²) in [5.74, 6) is 0.566. The van der Waals surface area contributed by atoms with E-state index in [0.29, 0.717) is 21.7 Å². The van der Waals surface area contributed by atoms with E-state index < -0.39 is 4.92 Å². The summed E-state index contributed by atoms with van der Waals surface area (Å²) < 4.78 is 0.532. The predicted molar refractivity (Wildman–Crippen MR) is 75.3 cm³/mol. The average molecular weight is 324 g/mol. The Kier molecular flexibility index (Phi) is 3.61. The van der Waals surface area contributed by atoms with Crippen molar-refractivity contribution in [1.82, 2.24) is 9.97 Å². The van der Waals surface area contributed by atoms with Gasteiger partial charge in [0.2, 0.25) is 5.95 Å². The summed E-state index contributed by atoms with van der Waals surface area (Å²) in [5.41, 5.74) is 6.73. The largest absolute Gasteiger partial charge is 0.383 e. The SMILES string of the molecule is Cc1ccc(Nc2nc(N)cc(Br)n2)cc1[N+](=O)[O-]. The number of nitrogens with two attached hydrogens (primary N) is 1. The molecule has 0 atom stereocenters. The second kappa shape index (κ2) is 5.19. The summed E-state index contributed by atoms with van der Waals surface area (Å²) in [6, 6.07) is 6.35. The highest BCUT2D eigenvalue weighted by Crippen LogP contribution is 2.24. The van der Waals surface area contributed by atoms with Crippen molar-refractivity contribution in [3.05, 3.63) is 44.5 Å². The number of nitro benzene ring substituents is 1. The van der Waals surface area contributed by atoms with Crippen LogP contribution in [-0.2, 0) is 0 Å². The van der Waals surface area contributed by atoms with E-state index in [1.165, 1.54) is 6.07 Å². The quantitative estimate of drug-likeness (QED) is 0.511. The molecule has 19 heavy (non-hydrogen) atoms. The van der Waals surface area contributed by atoms with Crippen LogP contribution in [-0.4, -0.2) is 14.9 Å². The zero-order valence-corrected chi connectivity index (χ0v) is 11.5. The van der Waals surface area contributed by atoms with E-state index in [0.717, 1.165) is 0 Å². The fourth-order valence-electron chi connectivity index (χ4n) is 1.50. The molecule has 2 aromatic rings. The smallest absolute Gasteiger partial charge is 0.274 e. The van der Waals surface area contributed by atoms with Crippen molar-refractivity contribution in [3.63, 3.8) is 0 Å². The maximum atomic E-state index is 10.9. The van der Waals surface area contributed by atoms with E-state index in [1.54, 1.807) is 25.1 Å². The summed E-state index contributed by atoms with van der Waals surface area (Å²) in [6.07, 6.45) is 0. The Morgan fingerprint density at radius 1 is 1.37 bits per heavy atom. The van der Waals surface area contributed by atoms with Crippen LogP contribution in [0.4, 0.5) is 23.1 Å². The Morgan fingerprint density at radius 2 is 2.11 bits per heavy atom. The molecule has 0 fully saturated rings. The molecule has 0 unspecified atom stereocenters. The molecule has 0 saturated carbocycles. The summed E-state index contributed by atoms with van der Waals surface area (Å²) in [6.45, 7) is 1.68. The lowest BCUT2D eigenvalue weighted by atomic mass is 10.2. The molecule has 8 heteroatoms. The Labute approximate surface area is 117 Å². The monoisotopic (exact) mass is 323 g/mol. The van der Waals surface area contributed by atoms with Gasteiger partial charge in [-0.3, -0.25) is 10.1 Å². The first-order valence-corrected chi connectivity index (χ1v) is 6.07. The number of hydrogen-bond acceptors (Lipinski definition) is 6. The van der Waals surface area contributed by atoms with Gasteiger partial charge in [0.05, 0.1) is 4.92 Å². The van der Waals surface area contributed by atoms with E-state index in [2.05, 4.69) is 31.2 Å². The Bertz CT molecular complexity index is 627. The van der Waals surface area contributed by atoms with Gasteiger partial charge in [-0.2, -0.15) is 4.98 Å². The molecular weight excluding hydrogens is 314 g/mol. The number of halogens is 1. The molecule has 0 spiro atoms. The third-order valence-corrected chi connectivity index (χ3v) is 2.78. The van der Waals surface area contributed by atoms with Crippen molar-refractivity contribution in [2.45, 2.75) is 6.92 Å². The minimum Gasteiger partial charge on any atom is -0.383 e. The minimum atomic E-state index is -0.434. The fraction of sp³-hybridized carbons (Fsp3) is 0.0909. The summed E-state index contributed by atoms with van der Waals surface area (Å²) in [5, 5.41) is 13.7. The number of nitrogen functional groups attached to an aromatic ring is 1. The van der Waals surface area contributed by atoms with E-state index in [1.807, 2.05) is 0 Å². The molecule has 0 aliphatic rings. The van der Waals surface area contributed by atoms with Gasteiger partial charge in [0.25, 0.3) is 5.69 Å². The molecule has 0 radical (unpaired) electrons. The molecule has 0 saturated heterocycles. The van der Waals surface area contributed by atoms with Gasteiger partial charge in [0.15, 0.2) is 0 Å². The maximum Gasteiger partial charge on any atom is 0.274 e. The highest BCUT2D eigenvalue weighted by Gasteiger charge is 2.11. The van der Waals surface area contributed by atoms with Crippen LogP contribution in [0.25, 0.3) is 0 Å². The topological polar surface area (TPSA) is 107 Å². The Morgan fingerprint density at radius 3 is 2.74 bits per heavy atom. The number of benzene rings is 1. The molecule has 0 bridgehead atoms. The maximum absolute atomic E-state index is 10.9. The van der Waals surface area contributed by atoms with Crippen molar-refractivity contribution in [3.8, 4) is 0 Å². The van der Waals surface area contributed by atoms with Crippen molar-refractivity contribution in [1.29, 1.82) is 0 Å². The molecule has 1 aromatic carbocycles. The van der Waals surface area contributed by atoms with Crippen molar-refractivity contribution in [2.24, 2.45) is 0 Å². The van der Waals surface area contributed by atoms with Gasteiger partial charge in [0, 0.05) is 23.4 Å². The Hall–Kier alpha value is -2.22. The first-order valence-electron chi connectivity index (χ1n) is 5.28. The molecule has 0 aliphatic carbocycles. The number of nitro groups is 1. The highest BCUT2D eigenvalue weighted by atomic mass is 79.9. The molecule has 1 heterocycles. The first-order chi connectivity index (χ1) is 8.95. The molecule has 3 N–H and O–H groups in total. The normalized spacial score (nSPS) is 10.2. The van der Waals surface area contributed by atoms with E-state index in [9.17, 15) is 10.1 Å². The number of anilines is 3. The molecule has 7 nitrogen and oxygen atoms in total. The number of aryl methyl sites for hydroxylation is 1. The third-order valence-electron chi connectivity index (χ3n) is 2.38. The van der Waals surface area contributed by atoms with E-state index in [4.69, 9.17) is 5.73 Å². The van der Waals surface area contributed by atoms with Gasteiger partial charge < -0.3 is 11.1 Å². The first kappa shape index (κ1) is 13.2. The molecule has 1 aromatic heterocycles. The zero-order valence-electron chi connectivity index (χ0n) is 9.92. The highest BCUT2D eigenvalue weighted by molar-refractivity contribution is 9.10. The van der Waals surface area contributed by atoms with Gasteiger partial charge in [-0.05, 0) is 28.9 Å². The van der Waals surface area contributed by atoms with Gasteiger partial charge in [-0.25, -0.2) is 4.98 Å². The summed E-state index contributed by atoms with van der Waals surface area (Å²) >= 11 is 3.20. The van der Waals surface area contributed by atoms with E-state index >= 15 is 0 Å². The minimum absolute atomic E-state index is 0.0352. The second-order valence-electron chi connectivity index (χ2n) is 3.82. The van der Waals surface area contributed by atoms with Crippen LogP contribution < -0.4 is 11.1 Å². The lowest BCUT2D eigenvalue weighted by Crippen LogP contribution is -2.01. The lowest BCUT2D eigenvalue weighted by Gasteiger charge is -2.06. The van der Waals surface area contributed by atoms with Crippen LogP contribution in [0.15, 0.2) is 28.9 Å². The number of hydrogen-bond donors (Lipinski definition) is 2. The van der Waals surface area contributed by atoms with Crippen molar-refractivity contribution >= 4 is 39.1 Å². The third kappa shape index (κ3) is 3.16. The molecular formula is C11H10BrN5O2. The van der Waals surface area contributed by atoms with Crippen LogP contribution in [0, 0.1) is 17.0 Å². The van der Waals surface area contributed by atoms with Gasteiger partial charge >= 0.3 is 0 Å². The Balaban J connectivity index is 2.33. The number of rotatable bonds is 3. The van der Waals surface area contributed by atoms with Crippen LogP contribution in [0.3, 0.4) is 0 Å². The standard InChI is InChI=1S/C11H10BrN5O2/c1-6-2-3-7(4-8(6)17(18)19)14-11-15-9(12)5-10(13)16-11/h2-5H,1H3,(H3,13,14,15,16). The van der Waals surface area contributed by atoms with Crippen molar-refractivity contribution in [2.75, 3.05) is 11.1 Å². The molecule has 0 amide bonds. The van der Waals surface area contributed by atoms with Crippen LogP contribution in [0.1, 0.15) is 5.56 Å². The predicted octanol–water partition coefficient (Wildman–Crippen LogP) is 2.78. The zero-order chi connectivity index (χ0) is 14.0. The van der Waals surface area contributed by atoms with Crippen LogP contribution in [0.5, 0.6) is 0 Å². The number of aromatic nitrogens is 2. The summed E-state index contributed by atoms with van der Waals surface area (Å²) in [4.78, 5) is 18.5. The summed E-state index contributed by atoms with van der Waals surface area (Å²) in [7, 11) is 0. The number of nitrogens with one attached hydrogen (secondary N) is 1. The lowest BCUT2D eigenvalue weighted by molar-refractivity contribution is -0.385. The molecule has 0 aliphatic heterocycles. The van der Waals surface area contributed by atoms with Gasteiger partial charge in [0.1, 0.15) is 10.4 Å². The number of nitrogens with zero attached hydrogens (tertiary/aromatic N) is 3. The molecule has 2 rings (SSSR count). The van der Waals surface area contributed by atoms with Crippen molar-refractivity contribution < 1.29 is 4.92 Å². The van der Waals surface area contributed by atoms with E-state index in [-0.39, 0.29) is 11.6 Å².